The molecule has 0 unspecified atom stereocenters. The number of nitrogens with zero attached hydrogens (tertiary/aromatic N) is 3. The Morgan fingerprint density at radius 3 is 2.96 bits per heavy atom. The number of amides is 1. The average Bonchev–Trinajstić information content (AvgIpc) is 3.18. The van der Waals surface area contributed by atoms with Gasteiger partial charge in [-0.3, -0.25) is 4.79 Å². The third kappa shape index (κ3) is 2.97. The average molecular weight is 374 g/mol. The van der Waals surface area contributed by atoms with Gasteiger partial charge in [0.05, 0.1) is 35.9 Å². The molecule has 1 N–H and O–H groups in total. The normalized spacial score (nSPS) is 27.6. The smallest absolute Gasteiger partial charge is 0.281 e. The van der Waals surface area contributed by atoms with Crippen molar-refractivity contribution in [3.8, 4) is 0 Å². The first-order valence-electron chi connectivity index (χ1n) is 7.70. The van der Waals surface area contributed by atoms with Crippen LogP contribution in [0.15, 0.2) is 5.38 Å². The van der Waals surface area contributed by atoms with Crippen molar-refractivity contribution in [1.82, 2.24) is 18.9 Å². The summed E-state index contributed by atoms with van der Waals surface area (Å²) in [5, 5.41) is 5.77. The first-order chi connectivity index (χ1) is 11.3. The van der Waals surface area contributed by atoms with E-state index in [0.29, 0.717) is 19.7 Å². The first kappa shape index (κ1) is 17.7. The molecule has 3 rings (SSSR count). The number of thiazole rings is 1. The second kappa shape index (κ2) is 6.34. The van der Waals surface area contributed by atoms with Crippen molar-refractivity contribution in [2.24, 2.45) is 11.3 Å². The van der Waals surface area contributed by atoms with Crippen LogP contribution >= 0.6 is 11.3 Å². The number of hydrogen-bond acceptors (Lipinski definition) is 6. The van der Waals surface area contributed by atoms with E-state index in [0.717, 1.165) is 10.7 Å². The molecule has 3 heterocycles. The Labute approximate surface area is 146 Å². The molecule has 2 saturated heterocycles. The van der Waals surface area contributed by atoms with Gasteiger partial charge in [0.2, 0.25) is 5.91 Å². The Hall–Kier alpha value is -1.07. The summed E-state index contributed by atoms with van der Waals surface area (Å²) in [6.45, 7) is 3.38. The van der Waals surface area contributed by atoms with Gasteiger partial charge in [-0.1, -0.05) is 0 Å². The molecule has 2 atom stereocenters. The lowest BCUT2D eigenvalue weighted by atomic mass is 9.80. The van der Waals surface area contributed by atoms with Crippen molar-refractivity contribution >= 4 is 27.5 Å². The molecule has 0 aromatic carbocycles. The standard InChI is InChI=1S/C14H22N4O4S2/c1-10-16-12(7-23-10)4-15-13(19)14-8-18(24(20,21)17(2)3)5-11(14)6-22-9-14/h7,11H,4-6,8-9H2,1-3H3,(H,15,19)/t11-,14-/m0/s1. The molecule has 2 aliphatic rings. The first-order valence-corrected chi connectivity index (χ1v) is 9.98. The molecule has 0 radical (unpaired) electrons. The summed E-state index contributed by atoms with van der Waals surface area (Å²) in [6, 6.07) is 0. The van der Waals surface area contributed by atoms with E-state index in [9.17, 15) is 13.2 Å². The van der Waals surface area contributed by atoms with Crippen molar-refractivity contribution in [2.75, 3.05) is 40.4 Å². The highest BCUT2D eigenvalue weighted by molar-refractivity contribution is 7.86. The zero-order valence-corrected chi connectivity index (χ0v) is 15.6. The van der Waals surface area contributed by atoms with E-state index in [1.54, 1.807) is 0 Å². The molecule has 0 bridgehead atoms. The molecule has 134 valence electrons. The predicted molar refractivity (Wildman–Crippen MR) is 89.6 cm³/mol. The van der Waals surface area contributed by atoms with Crippen molar-refractivity contribution in [2.45, 2.75) is 13.5 Å². The molecule has 1 amide bonds. The van der Waals surface area contributed by atoms with E-state index >= 15 is 0 Å². The molecule has 10 heteroatoms. The lowest BCUT2D eigenvalue weighted by molar-refractivity contribution is -0.131. The minimum absolute atomic E-state index is 0.121. The second-order valence-corrected chi connectivity index (χ2v) is 9.70. The minimum Gasteiger partial charge on any atom is -0.380 e. The topological polar surface area (TPSA) is 91.8 Å². The predicted octanol–water partition coefficient (Wildman–Crippen LogP) is -0.177. The lowest BCUT2D eigenvalue weighted by Gasteiger charge is -2.26. The van der Waals surface area contributed by atoms with Crippen LogP contribution in [0.5, 0.6) is 0 Å². The fraction of sp³-hybridized carbons (Fsp3) is 0.714. The van der Waals surface area contributed by atoms with Gasteiger partial charge in [0, 0.05) is 38.5 Å². The number of nitrogens with one attached hydrogen (secondary N) is 1. The molecule has 24 heavy (non-hydrogen) atoms. The second-order valence-electron chi connectivity index (χ2n) is 6.49. The Bertz CT molecular complexity index is 733. The van der Waals surface area contributed by atoms with Crippen molar-refractivity contribution in [1.29, 1.82) is 0 Å². The van der Waals surface area contributed by atoms with E-state index in [4.69, 9.17) is 4.74 Å². The van der Waals surface area contributed by atoms with Crippen LogP contribution in [0.3, 0.4) is 0 Å². The summed E-state index contributed by atoms with van der Waals surface area (Å²) in [4.78, 5) is 17.2. The van der Waals surface area contributed by atoms with Gasteiger partial charge in [-0.2, -0.15) is 17.0 Å². The summed E-state index contributed by atoms with van der Waals surface area (Å²) < 4.78 is 32.8. The molecule has 1 aromatic heterocycles. The Morgan fingerprint density at radius 2 is 2.33 bits per heavy atom. The molecular weight excluding hydrogens is 352 g/mol. The zero-order chi connectivity index (χ0) is 17.5. The van der Waals surface area contributed by atoms with Crippen LogP contribution in [0.25, 0.3) is 0 Å². The molecule has 0 aliphatic carbocycles. The third-order valence-electron chi connectivity index (χ3n) is 4.68. The summed E-state index contributed by atoms with van der Waals surface area (Å²) >= 11 is 1.53. The number of hydrogen-bond donors (Lipinski definition) is 1. The number of ether oxygens (including phenoxy) is 1. The van der Waals surface area contributed by atoms with E-state index in [1.807, 2.05) is 12.3 Å². The van der Waals surface area contributed by atoms with Crippen LogP contribution in [0.1, 0.15) is 10.7 Å². The van der Waals surface area contributed by atoms with Gasteiger partial charge >= 0.3 is 0 Å². The molecule has 2 aliphatic heterocycles. The highest BCUT2D eigenvalue weighted by atomic mass is 32.2. The number of fused-ring (bicyclic) bond motifs is 1. The number of rotatable bonds is 5. The quantitative estimate of drug-likeness (QED) is 0.772. The SMILES string of the molecule is Cc1nc(CNC(=O)[C@@]23COC[C@@H]2CN(S(=O)(=O)N(C)C)C3)cs1. The number of aryl methyl sites for hydroxylation is 1. The van der Waals surface area contributed by atoms with E-state index < -0.39 is 15.6 Å². The highest BCUT2D eigenvalue weighted by Gasteiger charge is 2.58. The van der Waals surface area contributed by atoms with Crippen LogP contribution in [-0.2, 0) is 26.3 Å². The lowest BCUT2D eigenvalue weighted by Crippen LogP contribution is -2.47. The summed E-state index contributed by atoms with van der Waals surface area (Å²) in [5.74, 6) is -0.281. The largest absolute Gasteiger partial charge is 0.380 e. The maximum absolute atomic E-state index is 12.8. The van der Waals surface area contributed by atoms with E-state index in [2.05, 4.69) is 10.3 Å². The maximum Gasteiger partial charge on any atom is 0.281 e. The highest BCUT2D eigenvalue weighted by Crippen LogP contribution is 2.42. The van der Waals surface area contributed by atoms with Gasteiger partial charge in [0.25, 0.3) is 10.2 Å². The van der Waals surface area contributed by atoms with Crippen LogP contribution in [0.2, 0.25) is 0 Å². The van der Waals surface area contributed by atoms with Gasteiger partial charge in [0.15, 0.2) is 0 Å². The van der Waals surface area contributed by atoms with Gasteiger partial charge in [-0.25, -0.2) is 4.98 Å². The van der Waals surface area contributed by atoms with Crippen molar-refractivity contribution in [3.63, 3.8) is 0 Å². The third-order valence-corrected chi connectivity index (χ3v) is 7.36. The van der Waals surface area contributed by atoms with Crippen LogP contribution in [0.4, 0.5) is 0 Å². The Balaban J connectivity index is 1.73. The molecule has 0 saturated carbocycles. The van der Waals surface area contributed by atoms with Crippen molar-refractivity contribution in [3.05, 3.63) is 16.1 Å². The number of carbonyl (C=O) groups excluding carboxylic acids is 1. The fourth-order valence-electron chi connectivity index (χ4n) is 3.25. The van der Waals surface area contributed by atoms with Crippen LogP contribution in [-0.4, -0.2) is 68.3 Å². The summed E-state index contributed by atoms with van der Waals surface area (Å²) in [5.41, 5.74) is 0.00205. The molecule has 1 aromatic rings. The maximum atomic E-state index is 12.8. The molecule has 2 fully saturated rings. The monoisotopic (exact) mass is 374 g/mol. The number of carbonyl (C=O) groups is 1. The Morgan fingerprint density at radius 1 is 1.58 bits per heavy atom. The van der Waals surface area contributed by atoms with Crippen molar-refractivity contribution < 1.29 is 17.9 Å². The van der Waals surface area contributed by atoms with Gasteiger partial charge in [-0.05, 0) is 6.92 Å². The summed E-state index contributed by atoms with van der Waals surface area (Å²) in [6.07, 6.45) is 0. The minimum atomic E-state index is -3.53. The van der Waals surface area contributed by atoms with E-state index in [-0.39, 0.29) is 25.0 Å². The Kier molecular flexibility index (Phi) is 4.69. The van der Waals surface area contributed by atoms with Gasteiger partial charge in [0.1, 0.15) is 0 Å². The molecule has 8 nitrogen and oxygen atoms in total. The fourth-order valence-corrected chi connectivity index (χ4v) is 5.09. The van der Waals surface area contributed by atoms with E-state index in [1.165, 1.54) is 34.0 Å². The molecule has 0 spiro atoms. The summed E-state index contributed by atoms with van der Waals surface area (Å²) in [7, 11) is -0.539. The van der Waals surface area contributed by atoms with Gasteiger partial charge < -0.3 is 10.1 Å². The van der Waals surface area contributed by atoms with Crippen LogP contribution in [0, 0.1) is 18.3 Å². The number of aromatic nitrogens is 1. The zero-order valence-electron chi connectivity index (χ0n) is 14.0. The van der Waals surface area contributed by atoms with Gasteiger partial charge in [-0.15, -0.1) is 11.3 Å². The molecular formula is C14H22N4O4S2. The van der Waals surface area contributed by atoms with Crippen LogP contribution < -0.4 is 5.32 Å².